The smallest absolute Gasteiger partial charge is 0.179 e. The van der Waals surface area contributed by atoms with Gasteiger partial charge in [-0.2, -0.15) is 15.5 Å². The van der Waals surface area contributed by atoms with Crippen molar-refractivity contribution in [3.63, 3.8) is 0 Å². The Morgan fingerprint density at radius 3 is 2.75 bits per heavy atom. The highest BCUT2D eigenvalue weighted by Crippen LogP contribution is 2.41. The number of anilines is 2. The summed E-state index contributed by atoms with van der Waals surface area (Å²) in [6.45, 7) is 2.84. The van der Waals surface area contributed by atoms with E-state index in [0.717, 1.165) is 42.1 Å². The summed E-state index contributed by atoms with van der Waals surface area (Å²) >= 11 is 0. The number of hydrogen-bond donors (Lipinski definition) is 2. The Balaban J connectivity index is 1.39. The van der Waals surface area contributed by atoms with Gasteiger partial charge in [0, 0.05) is 36.8 Å². The molecular formula is C19H23N9. The topological polar surface area (TPSA) is 111 Å². The van der Waals surface area contributed by atoms with Crippen molar-refractivity contribution in [1.82, 2.24) is 34.8 Å². The number of nitrogens with one attached hydrogen (secondary N) is 2. The predicted octanol–water partition coefficient (Wildman–Crippen LogP) is 2.68. The van der Waals surface area contributed by atoms with E-state index in [1.165, 1.54) is 12.8 Å². The van der Waals surface area contributed by atoms with E-state index in [2.05, 4.69) is 41.2 Å². The standard InChI is InChI=1S/C19H23N9/c1-12-7-17(26-25-12)23-18-11-21-16-10-22-28(19(16)24-18)15-8-13-3-4-14(9-15)27(13)6-2-5-20/h7,10-11,13-15H,2-4,6,8-9H2,1H3,(H2,23,24,25,26)/t13-,14-/m1/s1. The van der Waals surface area contributed by atoms with Gasteiger partial charge in [0.15, 0.2) is 17.3 Å². The molecule has 0 spiro atoms. The first-order valence-corrected chi connectivity index (χ1v) is 9.83. The molecule has 3 aromatic heterocycles. The van der Waals surface area contributed by atoms with E-state index < -0.39 is 0 Å². The van der Waals surface area contributed by atoms with E-state index in [-0.39, 0.29) is 0 Å². The minimum atomic E-state index is 0.325. The van der Waals surface area contributed by atoms with E-state index >= 15 is 0 Å². The van der Waals surface area contributed by atoms with Crippen molar-refractivity contribution < 1.29 is 0 Å². The molecule has 9 heteroatoms. The predicted molar refractivity (Wildman–Crippen MR) is 104 cm³/mol. The Kier molecular flexibility index (Phi) is 4.20. The Morgan fingerprint density at radius 2 is 2.04 bits per heavy atom. The van der Waals surface area contributed by atoms with Crippen LogP contribution in [0.1, 0.15) is 43.8 Å². The van der Waals surface area contributed by atoms with Gasteiger partial charge in [0.25, 0.3) is 0 Å². The quantitative estimate of drug-likeness (QED) is 0.703. The molecular weight excluding hydrogens is 354 g/mol. The average Bonchev–Trinajstić information content (AvgIpc) is 3.36. The van der Waals surface area contributed by atoms with Crippen molar-refractivity contribution in [2.24, 2.45) is 0 Å². The zero-order valence-electron chi connectivity index (χ0n) is 15.8. The highest BCUT2D eigenvalue weighted by molar-refractivity contribution is 5.72. The van der Waals surface area contributed by atoms with E-state index in [9.17, 15) is 0 Å². The summed E-state index contributed by atoms with van der Waals surface area (Å²) in [4.78, 5) is 11.8. The fourth-order valence-electron chi connectivity index (χ4n) is 4.75. The lowest BCUT2D eigenvalue weighted by Crippen LogP contribution is -2.43. The number of hydrogen-bond acceptors (Lipinski definition) is 7. The SMILES string of the molecule is Cc1cc(Nc2cnc3cnn(C4C[C@H]5CC[C@H](C4)N5CCC#N)c3n2)n[nH]1. The molecule has 3 aromatic rings. The van der Waals surface area contributed by atoms with Crippen LogP contribution in [-0.4, -0.2) is 53.5 Å². The van der Waals surface area contributed by atoms with Gasteiger partial charge in [-0.3, -0.25) is 10.00 Å². The summed E-state index contributed by atoms with van der Waals surface area (Å²) in [5, 5.41) is 23.9. The van der Waals surface area contributed by atoms with Gasteiger partial charge in [0.1, 0.15) is 5.52 Å². The third-order valence-corrected chi connectivity index (χ3v) is 5.95. The fraction of sp³-hybridized carbons (Fsp3) is 0.526. The van der Waals surface area contributed by atoms with Crippen molar-refractivity contribution in [3.05, 3.63) is 24.2 Å². The van der Waals surface area contributed by atoms with Crippen LogP contribution in [0.15, 0.2) is 18.5 Å². The maximum Gasteiger partial charge on any atom is 0.179 e. The zero-order valence-corrected chi connectivity index (χ0v) is 15.8. The molecule has 2 fully saturated rings. The van der Waals surface area contributed by atoms with Crippen LogP contribution in [0.25, 0.3) is 11.2 Å². The molecule has 5 heterocycles. The third-order valence-electron chi connectivity index (χ3n) is 5.95. The average molecular weight is 377 g/mol. The molecule has 0 unspecified atom stereocenters. The number of fused-ring (bicyclic) bond motifs is 3. The first-order chi connectivity index (χ1) is 13.7. The van der Waals surface area contributed by atoms with E-state index in [1.54, 1.807) is 12.4 Å². The molecule has 2 atom stereocenters. The Hall–Kier alpha value is -2.99. The molecule has 2 N–H and O–H groups in total. The molecule has 2 aliphatic heterocycles. The minimum absolute atomic E-state index is 0.325. The van der Waals surface area contributed by atoms with Gasteiger partial charge >= 0.3 is 0 Å². The number of nitrogens with zero attached hydrogens (tertiary/aromatic N) is 7. The van der Waals surface area contributed by atoms with Gasteiger partial charge in [-0.15, -0.1) is 0 Å². The lowest BCUT2D eigenvalue weighted by atomic mass is 9.97. The van der Waals surface area contributed by atoms with E-state index in [4.69, 9.17) is 10.2 Å². The molecule has 0 radical (unpaired) electrons. The molecule has 0 aliphatic carbocycles. The maximum absolute atomic E-state index is 8.93. The molecule has 9 nitrogen and oxygen atoms in total. The molecule has 0 aromatic carbocycles. The van der Waals surface area contributed by atoms with Crippen LogP contribution >= 0.6 is 0 Å². The molecule has 28 heavy (non-hydrogen) atoms. The molecule has 144 valence electrons. The first kappa shape index (κ1) is 17.1. The lowest BCUT2D eigenvalue weighted by Gasteiger charge is -2.38. The summed E-state index contributed by atoms with van der Waals surface area (Å²) < 4.78 is 2.05. The van der Waals surface area contributed by atoms with Gasteiger partial charge < -0.3 is 5.32 Å². The Bertz CT molecular complexity index is 1020. The Morgan fingerprint density at radius 1 is 1.21 bits per heavy atom. The zero-order chi connectivity index (χ0) is 19.1. The summed E-state index contributed by atoms with van der Waals surface area (Å²) in [6, 6.07) is 5.61. The minimum Gasteiger partial charge on any atom is -0.322 e. The maximum atomic E-state index is 8.93. The number of H-pyrrole nitrogens is 1. The summed E-state index contributed by atoms with van der Waals surface area (Å²) in [7, 11) is 0. The van der Waals surface area contributed by atoms with Crippen molar-refractivity contribution in [2.45, 2.75) is 57.2 Å². The van der Waals surface area contributed by atoms with Crippen molar-refractivity contribution in [2.75, 3.05) is 11.9 Å². The largest absolute Gasteiger partial charge is 0.322 e. The van der Waals surface area contributed by atoms with Crippen LogP contribution in [0.5, 0.6) is 0 Å². The molecule has 5 rings (SSSR count). The number of piperidine rings is 1. The number of nitriles is 1. The normalized spacial score (nSPS) is 24.5. The van der Waals surface area contributed by atoms with Gasteiger partial charge in [-0.25, -0.2) is 14.6 Å². The van der Waals surface area contributed by atoms with Gasteiger partial charge in [0.05, 0.1) is 24.5 Å². The summed E-state index contributed by atoms with van der Waals surface area (Å²) in [6.07, 6.45) is 8.65. The molecule has 0 amide bonds. The summed E-state index contributed by atoms with van der Waals surface area (Å²) in [5.41, 5.74) is 2.61. The molecule has 2 bridgehead atoms. The molecule has 0 saturated carbocycles. The first-order valence-electron chi connectivity index (χ1n) is 9.83. The monoisotopic (exact) mass is 377 g/mol. The lowest BCUT2D eigenvalue weighted by molar-refractivity contribution is 0.106. The highest BCUT2D eigenvalue weighted by atomic mass is 15.3. The number of aromatic nitrogens is 6. The van der Waals surface area contributed by atoms with Crippen LogP contribution in [0.4, 0.5) is 11.6 Å². The van der Waals surface area contributed by atoms with Crippen LogP contribution in [-0.2, 0) is 0 Å². The van der Waals surface area contributed by atoms with Gasteiger partial charge in [-0.05, 0) is 32.6 Å². The molecule has 2 aliphatic rings. The second-order valence-electron chi connectivity index (χ2n) is 7.77. The second kappa shape index (κ2) is 6.87. The van der Waals surface area contributed by atoms with Gasteiger partial charge in [-0.1, -0.05) is 0 Å². The van der Waals surface area contributed by atoms with Crippen molar-refractivity contribution in [3.8, 4) is 6.07 Å². The highest BCUT2D eigenvalue weighted by Gasteiger charge is 2.41. The van der Waals surface area contributed by atoms with Crippen molar-refractivity contribution >= 4 is 22.8 Å². The second-order valence-corrected chi connectivity index (χ2v) is 7.77. The number of aryl methyl sites for hydroxylation is 1. The number of aromatic amines is 1. The molecule has 2 saturated heterocycles. The fourth-order valence-corrected chi connectivity index (χ4v) is 4.75. The van der Waals surface area contributed by atoms with Crippen LogP contribution in [0.3, 0.4) is 0 Å². The summed E-state index contributed by atoms with van der Waals surface area (Å²) in [5.74, 6) is 1.39. The van der Waals surface area contributed by atoms with Crippen LogP contribution in [0, 0.1) is 18.3 Å². The van der Waals surface area contributed by atoms with E-state index in [0.29, 0.717) is 30.4 Å². The van der Waals surface area contributed by atoms with Crippen molar-refractivity contribution in [1.29, 1.82) is 5.26 Å². The van der Waals surface area contributed by atoms with Crippen LogP contribution < -0.4 is 5.32 Å². The number of rotatable bonds is 5. The third kappa shape index (κ3) is 2.99. The van der Waals surface area contributed by atoms with E-state index in [1.807, 2.05) is 13.0 Å². The van der Waals surface area contributed by atoms with Crippen LogP contribution in [0.2, 0.25) is 0 Å². The Labute approximate surface area is 162 Å². The van der Waals surface area contributed by atoms with Gasteiger partial charge in [0.2, 0.25) is 0 Å².